The van der Waals surface area contributed by atoms with Gasteiger partial charge >= 0.3 is 6.03 Å². The third-order valence-electron chi connectivity index (χ3n) is 4.53. The molecule has 2 aliphatic rings. The number of nitrogens with one attached hydrogen (secondary N) is 2. The minimum absolute atomic E-state index is 0.0504. The Hall–Kier alpha value is -2.17. The maximum absolute atomic E-state index is 12.1. The molecule has 23 heavy (non-hydrogen) atoms. The number of para-hydroxylation sites is 2. The summed E-state index contributed by atoms with van der Waals surface area (Å²) in [6, 6.07) is 8.43. The molecule has 1 aromatic rings. The van der Waals surface area contributed by atoms with Gasteiger partial charge in [0.15, 0.2) is 0 Å². The van der Waals surface area contributed by atoms with E-state index in [-0.39, 0.29) is 18.1 Å². The van der Waals surface area contributed by atoms with Gasteiger partial charge in [0.1, 0.15) is 5.75 Å². The lowest BCUT2D eigenvalue weighted by Crippen LogP contribution is -2.52. The van der Waals surface area contributed by atoms with Crippen molar-refractivity contribution >= 4 is 11.7 Å². The van der Waals surface area contributed by atoms with E-state index in [9.17, 15) is 4.79 Å². The third kappa shape index (κ3) is 3.97. The lowest BCUT2D eigenvalue weighted by Gasteiger charge is -2.35. The molecule has 1 saturated heterocycles. The molecule has 0 aromatic heterocycles. The van der Waals surface area contributed by atoms with E-state index in [4.69, 9.17) is 4.74 Å². The van der Waals surface area contributed by atoms with Crippen molar-refractivity contribution < 1.29 is 9.53 Å². The first-order chi connectivity index (χ1) is 11.3. The van der Waals surface area contributed by atoms with Crippen LogP contribution in [-0.4, -0.2) is 38.3 Å². The summed E-state index contributed by atoms with van der Waals surface area (Å²) in [5, 5.41) is 6.17. The first-order valence-corrected chi connectivity index (χ1v) is 8.36. The van der Waals surface area contributed by atoms with Gasteiger partial charge in [0.2, 0.25) is 0 Å². The zero-order chi connectivity index (χ0) is 16.1. The molecule has 0 bridgehead atoms. The molecule has 3 rings (SSSR count). The van der Waals surface area contributed by atoms with Gasteiger partial charge in [-0.1, -0.05) is 24.3 Å². The van der Waals surface area contributed by atoms with Crippen molar-refractivity contribution in [3.8, 4) is 5.75 Å². The van der Waals surface area contributed by atoms with Crippen LogP contribution in [0.3, 0.4) is 0 Å². The summed E-state index contributed by atoms with van der Waals surface area (Å²) in [6.45, 7) is 1.81. The number of benzene rings is 1. The quantitative estimate of drug-likeness (QED) is 0.840. The molecule has 0 radical (unpaired) electrons. The van der Waals surface area contributed by atoms with Crippen LogP contribution in [0.25, 0.3) is 0 Å². The summed E-state index contributed by atoms with van der Waals surface area (Å²) in [6.07, 6.45) is 8.19. The Morgan fingerprint density at radius 3 is 2.70 bits per heavy atom. The molecule has 1 aromatic carbocycles. The average molecular weight is 315 g/mol. The summed E-state index contributed by atoms with van der Waals surface area (Å²) >= 11 is 0. The maximum Gasteiger partial charge on any atom is 0.315 e. The highest BCUT2D eigenvalue weighted by Gasteiger charge is 2.24. The lowest BCUT2D eigenvalue weighted by molar-refractivity contribution is 0.231. The molecule has 1 aliphatic carbocycles. The van der Waals surface area contributed by atoms with Crippen molar-refractivity contribution in [1.29, 1.82) is 0 Å². The van der Waals surface area contributed by atoms with Gasteiger partial charge in [0.25, 0.3) is 0 Å². The van der Waals surface area contributed by atoms with Crippen molar-refractivity contribution in [3.05, 3.63) is 36.4 Å². The Bertz CT molecular complexity index is 565. The van der Waals surface area contributed by atoms with E-state index in [1.807, 2.05) is 18.2 Å². The van der Waals surface area contributed by atoms with Crippen LogP contribution in [0.15, 0.2) is 36.4 Å². The number of urea groups is 1. The number of rotatable bonds is 4. The number of hydrogen-bond donors (Lipinski definition) is 2. The zero-order valence-corrected chi connectivity index (χ0v) is 13.6. The Balaban J connectivity index is 1.56. The topological polar surface area (TPSA) is 53.6 Å². The van der Waals surface area contributed by atoms with Crippen LogP contribution in [0.2, 0.25) is 0 Å². The number of anilines is 1. The van der Waals surface area contributed by atoms with Crippen LogP contribution >= 0.6 is 0 Å². The number of carbonyl (C=O) groups excluding carboxylic acids is 1. The average Bonchev–Trinajstić information content (AvgIpc) is 3.07. The standard InChI is InChI=1S/C18H25N3O2/c1-23-17-11-5-4-10-16(17)21-12-6-9-15(13-21)20-18(22)19-14-7-2-3-8-14/h2-5,10-11,14-15H,6-9,12-13H2,1H3,(H2,19,20,22). The molecule has 1 aliphatic heterocycles. The minimum atomic E-state index is -0.0504. The van der Waals surface area contributed by atoms with Crippen LogP contribution in [0.1, 0.15) is 25.7 Å². The van der Waals surface area contributed by atoms with Crippen LogP contribution in [0.5, 0.6) is 5.75 Å². The summed E-state index contributed by atoms with van der Waals surface area (Å²) in [4.78, 5) is 14.4. The predicted octanol–water partition coefficient (Wildman–Crippen LogP) is 2.68. The molecule has 2 N–H and O–H groups in total. The van der Waals surface area contributed by atoms with E-state index in [2.05, 4.69) is 33.8 Å². The normalized spacial score (nSPS) is 21.3. The van der Waals surface area contributed by atoms with E-state index < -0.39 is 0 Å². The Morgan fingerprint density at radius 2 is 1.91 bits per heavy atom. The second-order valence-electron chi connectivity index (χ2n) is 6.21. The lowest BCUT2D eigenvalue weighted by atomic mass is 10.0. The summed E-state index contributed by atoms with van der Waals surface area (Å²) in [5.41, 5.74) is 1.10. The molecule has 1 heterocycles. The Morgan fingerprint density at radius 1 is 1.17 bits per heavy atom. The third-order valence-corrected chi connectivity index (χ3v) is 4.53. The summed E-state index contributed by atoms with van der Waals surface area (Å²) < 4.78 is 5.46. The molecule has 0 saturated carbocycles. The molecule has 5 heteroatoms. The van der Waals surface area contributed by atoms with Crippen LogP contribution in [0.4, 0.5) is 10.5 Å². The molecular formula is C18H25N3O2. The van der Waals surface area contributed by atoms with Crippen molar-refractivity contribution in [3.63, 3.8) is 0 Å². The highest BCUT2D eigenvalue weighted by molar-refractivity contribution is 5.75. The summed E-state index contributed by atoms with van der Waals surface area (Å²) in [5.74, 6) is 0.884. The van der Waals surface area contributed by atoms with Gasteiger partial charge in [-0.25, -0.2) is 4.79 Å². The van der Waals surface area contributed by atoms with Gasteiger partial charge in [-0.3, -0.25) is 0 Å². The van der Waals surface area contributed by atoms with E-state index in [1.165, 1.54) is 0 Å². The largest absolute Gasteiger partial charge is 0.495 e. The van der Waals surface area contributed by atoms with E-state index in [0.717, 1.165) is 50.2 Å². The number of amides is 2. The smallest absolute Gasteiger partial charge is 0.315 e. The molecule has 1 atom stereocenters. The van der Waals surface area contributed by atoms with Crippen molar-refractivity contribution in [1.82, 2.24) is 10.6 Å². The van der Waals surface area contributed by atoms with Crippen molar-refractivity contribution in [2.45, 2.75) is 37.8 Å². The van der Waals surface area contributed by atoms with Gasteiger partial charge in [0, 0.05) is 25.2 Å². The minimum Gasteiger partial charge on any atom is -0.495 e. The first-order valence-electron chi connectivity index (χ1n) is 8.36. The molecule has 1 unspecified atom stereocenters. The number of methoxy groups -OCH3 is 1. The highest BCUT2D eigenvalue weighted by Crippen LogP contribution is 2.29. The maximum atomic E-state index is 12.1. The molecule has 5 nitrogen and oxygen atoms in total. The second kappa shape index (κ2) is 7.40. The summed E-state index contributed by atoms with van der Waals surface area (Å²) in [7, 11) is 1.70. The number of ether oxygens (including phenoxy) is 1. The number of piperidine rings is 1. The molecular weight excluding hydrogens is 290 g/mol. The fourth-order valence-corrected chi connectivity index (χ4v) is 3.35. The number of nitrogens with zero attached hydrogens (tertiary/aromatic N) is 1. The molecule has 0 spiro atoms. The van der Waals surface area contributed by atoms with Crippen LogP contribution < -0.4 is 20.3 Å². The van der Waals surface area contributed by atoms with Crippen molar-refractivity contribution in [2.24, 2.45) is 0 Å². The van der Waals surface area contributed by atoms with E-state index >= 15 is 0 Å². The Kier molecular flexibility index (Phi) is 5.05. The monoisotopic (exact) mass is 315 g/mol. The number of carbonyl (C=O) groups is 1. The fraction of sp³-hybridized carbons (Fsp3) is 0.500. The van der Waals surface area contributed by atoms with Crippen LogP contribution in [-0.2, 0) is 0 Å². The van der Waals surface area contributed by atoms with Gasteiger partial charge < -0.3 is 20.3 Å². The van der Waals surface area contributed by atoms with Crippen LogP contribution in [0, 0.1) is 0 Å². The van der Waals surface area contributed by atoms with Gasteiger partial charge in [-0.15, -0.1) is 0 Å². The van der Waals surface area contributed by atoms with Crippen molar-refractivity contribution in [2.75, 3.05) is 25.1 Å². The Labute approximate surface area is 137 Å². The molecule has 124 valence electrons. The van der Waals surface area contributed by atoms with E-state index in [0.29, 0.717) is 0 Å². The van der Waals surface area contributed by atoms with Gasteiger partial charge in [0.05, 0.1) is 12.8 Å². The van der Waals surface area contributed by atoms with Gasteiger partial charge in [-0.2, -0.15) is 0 Å². The number of hydrogen-bond acceptors (Lipinski definition) is 3. The van der Waals surface area contributed by atoms with Gasteiger partial charge in [-0.05, 0) is 37.8 Å². The highest BCUT2D eigenvalue weighted by atomic mass is 16.5. The molecule has 2 amide bonds. The fourth-order valence-electron chi connectivity index (χ4n) is 3.35. The second-order valence-corrected chi connectivity index (χ2v) is 6.21. The zero-order valence-electron chi connectivity index (χ0n) is 13.6. The first kappa shape index (κ1) is 15.7. The van der Waals surface area contributed by atoms with E-state index in [1.54, 1.807) is 7.11 Å². The SMILES string of the molecule is COc1ccccc1N1CCCC(NC(=O)NC2CC=CC2)C1. The predicted molar refractivity (Wildman–Crippen MR) is 92.1 cm³/mol. The molecule has 1 fully saturated rings.